The van der Waals surface area contributed by atoms with Gasteiger partial charge in [0, 0.05) is 12.1 Å². The number of nitrogen functional groups attached to an aromatic ring is 1. The first-order valence-corrected chi connectivity index (χ1v) is 9.89. The molecule has 4 aromatic rings. The number of nitrogens with one attached hydrogen (secondary N) is 1. The maximum atomic E-state index is 14.6. The fourth-order valence-electron chi connectivity index (χ4n) is 3.48. The van der Waals surface area contributed by atoms with Crippen molar-refractivity contribution < 1.29 is 17.6 Å². The van der Waals surface area contributed by atoms with Crippen LogP contribution in [0.3, 0.4) is 0 Å². The van der Waals surface area contributed by atoms with Crippen molar-refractivity contribution >= 4 is 22.7 Å². The van der Waals surface area contributed by atoms with Crippen LogP contribution in [0.15, 0.2) is 41.3 Å². The Morgan fingerprint density at radius 2 is 1.76 bits per heavy atom. The lowest BCUT2D eigenvalue weighted by Crippen LogP contribution is -2.29. The lowest BCUT2D eigenvalue weighted by molar-refractivity contribution is 0.576. The molecule has 2 aromatic carbocycles. The van der Waals surface area contributed by atoms with Crippen molar-refractivity contribution in [2.75, 3.05) is 11.1 Å². The average molecular weight is 469 g/mol. The van der Waals surface area contributed by atoms with Crippen LogP contribution in [0.1, 0.15) is 30.8 Å². The number of anilines is 2. The lowest BCUT2D eigenvalue weighted by Gasteiger charge is -2.22. The zero-order chi connectivity index (χ0) is 24.6. The van der Waals surface area contributed by atoms with E-state index in [2.05, 4.69) is 20.3 Å². The van der Waals surface area contributed by atoms with E-state index < -0.39 is 45.8 Å². The maximum absolute atomic E-state index is 14.6. The smallest absolute Gasteiger partial charge is 0.266 e. The molecule has 0 bridgehead atoms. The summed E-state index contributed by atoms with van der Waals surface area (Å²) >= 11 is 0. The summed E-state index contributed by atoms with van der Waals surface area (Å²) in [6, 6.07) is 4.70. The molecule has 0 aliphatic carbocycles. The monoisotopic (exact) mass is 469 g/mol. The number of nitrogens with zero attached hydrogens (tertiary/aromatic N) is 5. The quantitative estimate of drug-likeness (QED) is 0.427. The first kappa shape index (κ1) is 22.7. The Kier molecular flexibility index (Phi) is 5.85. The molecule has 4 rings (SSSR count). The van der Waals surface area contributed by atoms with Crippen molar-refractivity contribution in [1.29, 1.82) is 5.26 Å². The van der Waals surface area contributed by atoms with Crippen LogP contribution in [0, 0.1) is 34.6 Å². The third-order valence-electron chi connectivity index (χ3n) is 4.98. The van der Waals surface area contributed by atoms with E-state index in [1.165, 1.54) is 6.20 Å². The molecule has 0 radical (unpaired) electrons. The van der Waals surface area contributed by atoms with Gasteiger partial charge in [0.25, 0.3) is 5.56 Å². The van der Waals surface area contributed by atoms with Crippen LogP contribution in [0.2, 0.25) is 0 Å². The number of benzene rings is 2. The Bertz CT molecular complexity index is 1510. The Balaban J connectivity index is 2.03. The van der Waals surface area contributed by atoms with Crippen molar-refractivity contribution in [3.8, 4) is 11.8 Å². The molecule has 34 heavy (non-hydrogen) atoms. The number of hydrogen-bond acceptors (Lipinski definition) is 7. The van der Waals surface area contributed by atoms with Crippen molar-refractivity contribution in [2.45, 2.75) is 19.4 Å². The number of nitrogens with two attached hydrogens (primary N) is 1. The van der Waals surface area contributed by atoms with Gasteiger partial charge in [-0.15, -0.1) is 0 Å². The van der Waals surface area contributed by atoms with Gasteiger partial charge in [-0.25, -0.2) is 27.5 Å². The maximum Gasteiger partial charge on any atom is 0.266 e. The third-order valence-corrected chi connectivity index (χ3v) is 4.98. The van der Waals surface area contributed by atoms with Gasteiger partial charge >= 0.3 is 0 Å². The van der Waals surface area contributed by atoms with Crippen molar-refractivity contribution in [2.24, 2.45) is 0 Å². The van der Waals surface area contributed by atoms with Crippen molar-refractivity contribution in [3.63, 3.8) is 0 Å². The minimum absolute atomic E-state index is 0.00717. The van der Waals surface area contributed by atoms with Crippen molar-refractivity contribution in [3.05, 3.63) is 81.5 Å². The van der Waals surface area contributed by atoms with Gasteiger partial charge in [0.2, 0.25) is 5.95 Å². The first-order valence-electron chi connectivity index (χ1n) is 9.89. The minimum Gasteiger partial charge on any atom is -0.368 e. The first-order chi connectivity index (χ1) is 16.2. The molecule has 1 unspecified atom stereocenters. The normalized spacial score (nSPS) is 11.9. The molecule has 2 aromatic heterocycles. The van der Waals surface area contributed by atoms with E-state index in [9.17, 15) is 27.6 Å². The SMILES string of the molecule is CCC(Nc1nc(N)ncc1C#N)c1nc2c(F)cc(F)cc2c(=O)n1-c1cc(F)cc(F)c1. The van der Waals surface area contributed by atoms with Crippen LogP contribution < -0.4 is 16.6 Å². The minimum atomic E-state index is -1.09. The largest absolute Gasteiger partial charge is 0.368 e. The second-order valence-electron chi connectivity index (χ2n) is 7.23. The van der Waals surface area contributed by atoms with Crippen LogP contribution in [0.25, 0.3) is 16.6 Å². The summed E-state index contributed by atoms with van der Waals surface area (Å²) in [5.74, 6) is -4.36. The molecule has 0 amide bonds. The van der Waals surface area contributed by atoms with Crippen LogP contribution in [0.4, 0.5) is 29.3 Å². The van der Waals surface area contributed by atoms with Gasteiger partial charge in [0.05, 0.1) is 23.3 Å². The van der Waals surface area contributed by atoms with E-state index in [4.69, 9.17) is 5.73 Å². The molecule has 0 spiro atoms. The van der Waals surface area contributed by atoms with Gasteiger partial charge in [0.1, 0.15) is 46.2 Å². The fourth-order valence-corrected chi connectivity index (χ4v) is 3.48. The fraction of sp³-hybridized carbons (Fsp3) is 0.136. The lowest BCUT2D eigenvalue weighted by atomic mass is 10.1. The van der Waals surface area contributed by atoms with Crippen LogP contribution in [-0.2, 0) is 0 Å². The highest BCUT2D eigenvalue weighted by Gasteiger charge is 2.24. The van der Waals surface area contributed by atoms with Gasteiger partial charge < -0.3 is 11.1 Å². The van der Waals surface area contributed by atoms with E-state index >= 15 is 0 Å². The predicted octanol–water partition coefficient (Wildman–Crippen LogP) is 3.75. The molecule has 2 heterocycles. The topological polar surface area (TPSA) is 123 Å². The van der Waals surface area contributed by atoms with Gasteiger partial charge in [-0.3, -0.25) is 9.36 Å². The molecule has 12 heteroatoms. The summed E-state index contributed by atoms with van der Waals surface area (Å²) in [5, 5.41) is 11.8. The standard InChI is InChI=1S/C22H15F4N7O/c1-2-17(30-19-10(8-27)9-29-22(28)32-19)20-31-18-15(6-13(25)7-16(18)26)21(34)33(20)14-4-11(23)3-12(24)5-14/h3-7,9,17H,2H2,1H3,(H3,28,29,30,32). The molecular weight excluding hydrogens is 454 g/mol. The van der Waals surface area contributed by atoms with E-state index in [1.807, 2.05) is 6.07 Å². The van der Waals surface area contributed by atoms with Gasteiger partial charge in [-0.1, -0.05) is 6.92 Å². The summed E-state index contributed by atoms with van der Waals surface area (Å²) in [6.07, 6.45) is 1.38. The number of rotatable bonds is 5. The predicted molar refractivity (Wildman–Crippen MR) is 115 cm³/mol. The third kappa shape index (κ3) is 4.11. The highest BCUT2D eigenvalue weighted by atomic mass is 19.1. The molecule has 0 saturated carbocycles. The molecule has 0 fully saturated rings. The highest BCUT2D eigenvalue weighted by Crippen LogP contribution is 2.27. The average Bonchev–Trinajstić information content (AvgIpc) is 2.77. The molecular formula is C22H15F4N7O. The summed E-state index contributed by atoms with van der Waals surface area (Å²) < 4.78 is 57.3. The number of aromatic nitrogens is 4. The van der Waals surface area contributed by atoms with E-state index in [0.29, 0.717) is 12.1 Å². The van der Waals surface area contributed by atoms with Crippen LogP contribution in [0.5, 0.6) is 0 Å². The number of hydrogen-bond donors (Lipinski definition) is 2. The Morgan fingerprint density at radius 3 is 2.41 bits per heavy atom. The van der Waals surface area contributed by atoms with Crippen LogP contribution in [-0.4, -0.2) is 19.5 Å². The van der Waals surface area contributed by atoms with Crippen molar-refractivity contribution in [1.82, 2.24) is 19.5 Å². The molecule has 0 saturated heterocycles. The molecule has 1 atom stereocenters. The summed E-state index contributed by atoms with van der Waals surface area (Å²) in [5.41, 5.74) is 4.00. The summed E-state index contributed by atoms with van der Waals surface area (Å²) in [6.45, 7) is 1.68. The Labute approximate surface area is 189 Å². The highest BCUT2D eigenvalue weighted by molar-refractivity contribution is 5.79. The second kappa shape index (κ2) is 8.78. The molecule has 0 aliphatic rings. The number of nitriles is 1. The Morgan fingerprint density at radius 1 is 1.09 bits per heavy atom. The number of fused-ring (bicyclic) bond motifs is 1. The van der Waals surface area contributed by atoms with Gasteiger partial charge in [-0.05, 0) is 24.6 Å². The Hall–Kier alpha value is -4.53. The summed E-state index contributed by atoms with van der Waals surface area (Å²) in [4.78, 5) is 25.3. The van der Waals surface area contributed by atoms with Gasteiger partial charge in [0.15, 0.2) is 5.82 Å². The molecule has 172 valence electrons. The summed E-state index contributed by atoms with van der Waals surface area (Å²) in [7, 11) is 0. The van der Waals surface area contributed by atoms with E-state index in [1.54, 1.807) is 6.92 Å². The number of halogens is 4. The second-order valence-corrected chi connectivity index (χ2v) is 7.23. The zero-order valence-electron chi connectivity index (χ0n) is 17.5. The van der Waals surface area contributed by atoms with E-state index in [0.717, 1.165) is 22.8 Å². The molecule has 8 nitrogen and oxygen atoms in total. The molecule has 0 aliphatic heterocycles. The zero-order valence-corrected chi connectivity index (χ0v) is 17.5. The molecule has 3 N–H and O–H groups in total. The van der Waals surface area contributed by atoms with Crippen LogP contribution >= 0.6 is 0 Å². The van der Waals surface area contributed by atoms with Gasteiger partial charge in [-0.2, -0.15) is 10.2 Å². The van der Waals surface area contributed by atoms with E-state index in [-0.39, 0.29) is 35.3 Å².